The van der Waals surface area contributed by atoms with E-state index in [9.17, 15) is 8.42 Å². The number of fused-ring (bicyclic) bond motifs is 2. The van der Waals surface area contributed by atoms with Crippen LogP contribution in [0.25, 0.3) is 10.5 Å². The number of rotatable bonds is 4. The highest BCUT2D eigenvalue weighted by Crippen LogP contribution is 2.39. The van der Waals surface area contributed by atoms with E-state index in [4.69, 9.17) is 16.3 Å². The molecule has 10 heteroatoms. The molecule has 7 nitrogen and oxygen atoms in total. The number of sulfonamides is 1. The van der Waals surface area contributed by atoms with Gasteiger partial charge in [0, 0.05) is 23.6 Å². The van der Waals surface area contributed by atoms with Crippen LogP contribution in [-0.2, 0) is 10.0 Å². The predicted molar refractivity (Wildman–Crippen MR) is 114 cm³/mol. The molecule has 2 aromatic heterocycles. The molecule has 0 spiro atoms. The Labute approximate surface area is 177 Å². The van der Waals surface area contributed by atoms with Crippen LogP contribution < -0.4 is 14.8 Å². The average molecular weight is 451 g/mol. The van der Waals surface area contributed by atoms with E-state index in [0.29, 0.717) is 28.3 Å². The van der Waals surface area contributed by atoms with Crippen molar-refractivity contribution in [2.24, 2.45) is 5.92 Å². The van der Waals surface area contributed by atoms with Crippen LogP contribution in [0.5, 0.6) is 5.75 Å². The summed E-state index contributed by atoms with van der Waals surface area (Å²) >= 11 is 6.92. The Kier molecular flexibility index (Phi) is 4.78. The molecule has 1 aromatic carbocycles. The number of imidazole rings is 1. The minimum Gasteiger partial charge on any atom is -0.489 e. The lowest BCUT2D eigenvalue weighted by Crippen LogP contribution is -2.29. The molecule has 0 amide bonds. The van der Waals surface area contributed by atoms with Crippen molar-refractivity contribution in [3.05, 3.63) is 47.4 Å². The summed E-state index contributed by atoms with van der Waals surface area (Å²) < 4.78 is 36.0. The first-order chi connectivity index (χ1) is 14.0. The highest BCUT2D eigenvalue weighted by Gasteiger charge is 2.25. The van der Waals surface area contributed by atoms with Gasteiger partial charge in [0.25, 0.3) is 10.0 Å². The van der Waals surface area contributed by atoms with Crippen LogP contribution in [0.15, 0.2) is 40.9 Å². The van der Waals surface area contributed by atoms with Gasteiger partial charge in [-0.1, -0.05) is 22.9 Å². The number of nitrogens with zero attached hydrogens (tertiary/aromatic N) is 2. The number of piperidine rings is 1. The minimum atomic E-state index is -3.73. The third-order valence-corrected chi connectivity index (χ3v) is 8.26. The number of nitrogens with one attached hydrogen (secondary N) is 2. The maximum absolute atomic E-state index is 12.9. The number of allylic oxidation sites excluding steroid dienone is 1. The molecular formula is C19H19ClN4O3S2. The normalized spacial score (nSPS) is 17.6. The summed E-state index contributed by atoms with van der Waals surface area (Å²) in [6.45, 7) is 2.54. The highest BCUT2D eigenvalue weighted by atomic mass is 35.5. The molecule has 1 fully saturated rings. The first-order valence-corrected chi connectivity index (χ1v) is 12.0. The molecule has 4 heterocycles. The van der Waals surface area contributed by atoms with Gasteiger partial charge in [-0.25, -0.2) is 13.4 Å². The second kappa shape index (κ2) is 7.32. The summed E-state index contributed by atoms with van der Waals surface area (Å²) in [5.74, 6) is 1.26. The fourth-order valence-electron chi connectivity index (χ4n) is 3.87. The number of thiazole rings is 1. The smallest absolute Gasteiger partial charge is 0.273 e. The third kappa shape index (κ3) is 3.63. The molecule has 0 radical (unpaired) electrons. The first kappa shape index (κ1) is 18.9. The number of benzene rings is 1. The molecule has 0 atom stereocenters. The fraction of sp³-hybridized carbons (Fsp3) is 0.316. The summed E-state index contributed by atoms with van der Waals surface area (Å²) in [4.78, 5) is 4.63. The maximum Gasteiger partial charge on any atom is 0.273 e. The van der Waals surface area contributed by atoms with E-state index in [1.165, 1.54) is 11.8 Å². The van der Waals surface area contributed by atoms with E-state index in [0.717, 1.165) is 48.6 Å². The molecule has 1 saturated heterocycles. The zero-order valence-electron chi connectivity index (χ0n) is 15.4. The molecule has 0 bridgehead atoms. The summed E-state index contributed by atoms with van der Waals surface area (Å²) in [5.41, 5.74) is 2.73. The van der Waals surface area contributed by atoms with E-state index in [2.05, 4.69) is 21.1 Å². The summed E-state index contributed by atoms with van der Waals surface area (Å²) in [5, 5.41) is 3.72. The van der Waals surface area contributed by atoms with Gasteiger partial charge in [0.15, 0.2) is 9.17 Å². The van der Waals surface area contributed by atoms with E-state index >= 15 is 0 Å². The van der Waals surface area contributed by atoms with E-state index < -0.39 is 10.0 Å². The van der Waals surface area contributed by atoms with Crippen molar-refractivity contribution in [3.8, 4) is 5.75 Å². The van der Waals surface area contributed by atoms with Crippen molar-refractivity contribution in [1.29, 1.82) is 0 Å². The fourth-order valence-corrected chi connectivity index (χ4v) is 6.39. The predicted octanol–water partition coefficient (Wildman–Crippen LogP) is 3.63. The topological polar surface area (TPSA) is 84.7 Å². The quantitative estimate of drug-likeness (QED) is 0.634. The van der Waals surface area contributed by atoms with Crippen LogP contribution >= 0.6 is 22.9 Å². The van der Waals surface area contributed by atoms with Crippen molar-refractivity contribution in [2.75, 3.05) is 24.4 Å². The van der Waals surface area contributed by atoms with Crippen LogP contribution in [0.1, 0.15) is 18.4 Å². The number of hydrogen-bond acceptors (Lipinski definition) is 6. The third-order valence-electron chi connectivity index (χ3n) is 5.23. The molecule has 152 valence electrons. The molecule has 0 aliphatic carbocycles. The average Bonchev–Trinajstić information content (AvgIpc) is 3.26. The Morgan fingerprint density at radius 1 is 1.28 bits per heavy atom. The summed E-state index contributed by atoms with van der Waals surface area (Å²) in [6.07, 6.45) is 7.36. The Bertz CT molecular complexity index is 1180. The number of anilines is 1. The number of aromatic nitrogens is 2. The number of ether oxygens (including phenoxy) is 1. The molecule has 2 aliphatic rings. The van der Waals surface area contributed by atoms with Crippen molar-refractivity contribution in [2.45, 2.75) is 17.1 Å². The lowest BCUT2D eigenvalue weighted by atomic mass is 9.84. The zero-order chi connectivity index (χ0) is 20.0. The summed E-state index contributed by atoms with van der Waals surface area (Å²) in [7, 11) is -3.73. The summed E-state index contributed by atoms with van der Waals surface area (Å²) in [6, 6.07) is 5.44. The van der Waals surface area contributed by atoms with Gasteiger partial charge in [-0.3, -0.25) is 9.12 Å². The molecule has 2 N–H and O–H groups in total. The van der Waals surface area contributed by atoms with Gasteiger partial charge in [-0.2, -0.15) is 0 Å². The van der Waals surface area contributed by atoms with Crippen LogP contribution in [0.2, 0.25) is 5.15 Å². The zero-order valence-corrected chi connectivity index (χ0v) is 17.8. The second-order valence-corrected chi connectivity index (χ2v) is 10.4. The lowest BCUT2D eigenvalue weighted by Gasteiger charge is -2.29. The van der Waals surface area contributed by atoms with E-state index in [1.54, 1.807) is 16.7 Å². The lowest BCUT2D eigenvalue weighted by molar-refractivity contribution is 0.351. The first-order valence-electron chi connectivity index (χ1n) is 9.34. The van der Waals surface area contributed by atoms with Gasteiger partial charge in [-0.05, 0) is 61.7 Å². The number of halogens is 1. The largest absolute Gasteiger partial charge is 0.489 e. The Morgan fingerprint density at radius 2 is 2.10 bits per heavy atom. The van der Waals surface area contributed by atoms with Crippen LogP contribution in [0.4, 0.5) is 5.69 Å². The van der Waals surface area contributed by atoms with Gasteiger partial charge in [0.1, 0.15) is 17.5 Å². The van der Waals surface area contributed by atoms with Crippen molar-refractivity contribution >= 4 is 49.2 Å². The molecule has 0 saturated carbocycles. The second-order valence-electron chi connectivity index (χ2n) is 7.11. The van der Waals surface area contributed by atoms with Crippen molar-refractivity contribution in [3.63, 3.8) is 0 Å². The molecule has 0 unspecified atom stereocenters. The molecule has 3 aromatic rings. The Balaban J connectivity index is 1.44. The van der Waals surface area contributed by atoms with Crippen LogP contribution in [0, 0.1) is 5.92 Å². The highest BCUT2D eigenvalue weighted by molar-refractivity contribution is 7.94. The Hall–Kier alpha value is -2.07. The minimum absolute atomic E-state index is 0.180. The maximum atomic E-state index is 12.9. The van der Waals surface area contributed by atoms with Crippen molar-refractivity contribution in [1.82, 2.24) is 14.7 Å². The molecule has 2 aliphatic heterocycles. The Morgan fingerprint density at radius 3 is 2.90 bits per heavy atom. The SMILES string of the molecule is O=S(=O)(Nc1ccc2c(c1)C(C1CCNCC1)=CCO2)c1cn2cc(Cl)nc2s1. The molecule has 29 heavy (non-hydrogen) atoms. The monoisotopic (exact) mass is 450 g/mol. The van der Waals surface area contributed by atoms with Gasteiger partial charge < -0.3 is 10.1 Å². The van der Waals surface area contributed by atoms with E-state index in [1.807, 2.05) is 12.1 Å². The van der Waals surface area contributed by atoms with Crippen molar-refractivity contribution < 1.29 is 13.2 Å². The van der Waals surface area contributed by atoms with Gasteiger partial charge in [0.2, 0.25) is 0 Å². The van der Waals surface area contributed by atoms with Crippen LogP contribution in [0.3, 0.4) is 0 Å². The molecular weight excluding hydrogens is 432 g/mol. The van der Waals surface area contributed by atoms with Gasteiger partial charge >= 0.3 is 0 Å². The van der Waals surface area contributed by atoms with E-state index in [-0.39, 0.29) is 4.21 Å². The number of hydrogen-bond donors (Lipinski definition) is 2. The standard InChI is InChI=1S/C19H19ClN4O3S2/c20-17-10-24-11-18(28-19(24)22-17)29(25,26)23-13-1-2-16-15(9-13)14(5-8-27-16)12-3-6-21-7-4-12/h1-2,5,9-12,21,23H,3-4,6-8H2. The molecule has 5 rings (SSSR count). The van der Waals surface area contributed by atoms with Gasteiger partial charge in [0.05, 0.1) is 0 Å². The van der Waals surface area contributed by atoms with Crippen LogP contribution in [-0.4, -0.2) is 37.5 Å². The van der Waals surface area contributed by atoms with Gasteiger partial charge in [-0.15, -0.1) is 0 Å².